The smallest absolute Gasteiger partial charge is 0.404 e. The van der Waals surface area contributed by atoms with Crippen LogP contribution in [0.4, 0.5) is 10.6 Å². The summed E-state index contributed by atoms with van der Waals surface area (Å²) in [6.45, 7) is 0. The zero-order chi connectivity index (χ0) is 25.9. The Hall–Kier alpha value is -4.11. The van der Waals surface area contributed by atoms with Crippen molar-refractivity contribution in [1.82, 2.24) is 15.0 Å². The monoisotopic (exact) mass is 519 g/mol. The van der Waals surface area contributed by atoms with E-state index in [0.29, 0.717) is 38.8 Å². The predicted octanol–water partition coefficient (Wildman–Crippen LogP) is 5.34. The molecule has 3 heterocycles. The summed E-state index contributed by atoms with van der Waals surface area (Å²) >= 11 is 6.53. The first-order valence-corrected chi connectivity index (χ1v) is 12.3. The molecular formula is C27H26ClN5O4. The highest BCUT2D eigenvalue weighted by molar-refractivity contribution is 6.33. The summed E-state index contributed by atoms with van der Waals surface area (Å²) < 4.78 is 10.3. The molecule has 1 aliphatic carbocycles. The maximum Gasteiger partial charge on any atom is 0.404 e. The fourth-order valence-corrected chi connectivity index (χ4v) is 4.89. The number of nitrogens with two attached hydrogens (primary N) is 1. The number of rotatable bonds is 7. The highest BCUT2D eigenvalue weighted by Crippen LogP contribution is 2.33. The molecule has 190 valence electrons. The normalized spacial score (nSPS) is 17.4. The summed E-state index contributed by atoms with van der Waals surface area (Å²) in [5.74, 6) is 1.25. The molecule has 4 aromatic rings. The molecule has 0 unspecified atom stereocenters. The van der Waals surface area contributed by atoms with Gasteiger partial charge in [-0.1, -0.05) is 11.6 Å². The lowest BCUT2D eigenvalue weighted by Crippen LogP contribution is -2.32. The van der Waals surface area contributed by atoms with Gasteiger partial charge in [-0.15, -0.1) is 0 Å². The number of aromatic amines is 1. The Labute approximate surface area is 218 Å². The average molecular weight is 520 g/mol. The highest BCUT2D eigenvalue weighted by Gasteiger charge is 2.24. The molecule has 0 atom stereocenters. The number of benzene rings is 1. The molecule has 3 aromatic heterocycles. The molecule has 0 spiro atoms. The second kappa shape index (κ2) is 10.5. The van der Waals surface area contributed by atoms with E-state index in [0.717, 1.165) is 36.8 Å². The SMILES string of the molecule is COc1ccc(C(=O)c2c[nH]c3ncc(-c4cc(N[C@H]5CC[C@H](OC(N)=O)CC5)ncc4Cl)cc23)cc1. The van der Waals surface area contributed by atoms with Gasteiger partial charge in [-0.25, -0.2) is 14.8 Å². The Morgan fingerprint density at radius 1 is 1.08 bits per heavy atom. The van der Waals surface area contributed by atoms with E-state index in [1.54, 1.807) is 50.0 Å². The van der Waals surface area contributed by atoms with E-state index in [9.17, 15) is 9.59 Å². The van der Waals surface area contributed by atoms with Crippen LogP contribution in [0.5, 0.6) is 5.75 Å². The van der Waals surface area contributed by atoms with E-state index in [-0.39, 0.29) is 17.9 Å². The number of hydrogen-bond donors (Lipinski definition) is 3. The topological polar surface area (TPSA) is 132 Å². The third kappa shape index (κ3) is 5.36. The van der Waals surface area contributed by atoms with Crippen molar-refractivity contribution in [2.45, 2.75) is 37.8 Å². The largest absolute Gasteiger partial charge is 0.497 e. The number of amides is 1. The molecule has 10 heteroatoms. The van der Waals surface area contributed by atoms with Gasteiger partial charge in [0, 0.05) is 52.3 Å². The van der Waals surface area contributed by atoms with Gasteiger partial charge in [-0.05, 0) is 62.1 Å². The summed E-state index contributed by atoms with van der Waals surface area (Å²) in [5, 5.41) is 4.63. The molecule has 0 bridgehead atoms. The molecular weight excluding hydrogens is 494 g/mol. The number of halogens is 1. The number of ketones is 1. The van der Waals surface area contributed by atoms with Crippen molar-refractivity contribution in [3.8, 4) is 16.9 Å². The second-order valence-electron chi connectivity index (χ2n) is 8.98. The molecule has 0 radical (unpaired) electrons. The molecule has 1 amide bonds. The first-order chi connectivity index (χ1) is 17.9. The van der Waals surface area contributed by atoms with E-state index >= 15 is 0 Å². The predicted molar refractivity (Wildman–Crippen MR) is 141 cm³/mol. The van der Waals surface area contributed by atoms with Crippen LogP contribution in [-0.4, -0.2) is 46.1 Å². The molecule has 4 N–H and O–H groups in total. The molecule has 1 saturated carbocycles. The van der Waals surface area contributed by atoms with Crippen LogP contribution in [0.25, 0.3) is 22.2 Å². The van der Waals surface area contributed by atoms with Crippen LogP contribution < -0.4 is 15.8 Å². The number of methoxy groups -OCH3 is 1. The molecule has 1 aliphatic rings. The summed E-state index contributed by atoms with van der Waals surface area (Å²) in [7, 11) is 1.58. The minimum Gasteiger partial charge on any atom is -0.497 e. The van der Waals surface area contributed by atoms with Crippen LogP contribution in [-0.2, 0) is 4.74 Å². The third-order valence-corrected chi connectivity index (χ3v) is 6.90. The Bertz CT molecular complexity index is 1450. The van der Waals surface area contributed by atoms with Crippen LogP contribution in [0.2, 0.25) is 5.02 Å². The number of primary amides is 1. The molecule has 1 fully saturated rings. The number of aromatic nitrogens is 3. The number of ether oxygens (including phenoxy) is 2. The first-order valence-electron chi connectivity index (χ1n) is 12.0. The van der Waals surface area contributed by atoms with Gasteiger partial charge in [-0.2, -0.15) is 0 Å². The molecule has 5 rings (SSSR count). The number of hydrogen-bond acceptors (Lipinski definition) is 7. The quantitative estimate of drug-likeness (QED) is 0.281. The highest BCUT2D eigenvalue weighted by atomic mass is 35.5. The molecule has 1 aromatic carbocycles. The molecule has 37 heavy (non-hydrogen) atoms. The maximum atomic E-state index is 13.2. The van der Waals surface area contributed by atoms with Crippen LogP contribution in [0.3, 0.4) is 0 Å². The van der Waals surface area contributed by atoms with Crippen molar-refractivity contribution < 1.29 is 19.1 Å². The van der Waals surface area contributed by atoms with Crippen LogP contribution in [0.15, 0.2) is 55.0 Å². The summed E-state index contributed by atoms with van der Waals surface area (Å²) in [6.07, 6.45) is 7.24. The van der Waals surface area contributed by atoms with Crippen molar-refractivity contribution in [3.05, 3.63) is 71.1 Å². The number of H-pyrrole nitrogens is 1. The van der Waals surface area contributed by atoms with E-state index in [4.69, 9.17) is 26.8 Å². The number of nitrogens with one attached hydrogen (secondary N) is 2. The summed E-state index contributed by atoms with van der Waals surface area (Å²) in [5.41, 5.74) is 8.34. The molecule has 0 saturated heterocycles. The van der Waals surface area contributed by atoms with Crippen molar-refractivity contribution >= 4 is 40.3 Å². The Morgan fingerprint density at radius 3 is 2.54 bits per heavy atom. The van der Waals surface area contributed by atoms with Gasteiger partial charge in [0.15, 0.2) is 5.78 Å². The van der Waals surface area contributed by atoms with Gasteiger partial charge in [0.25, 0.3) is 0 Å². The van der Waals surface area contributed by atoms with Crippen molar-refractivity contribution in [3.63, 3.8) is 0 Å². The van der Waals surface area contributed by atoms with Gasteiger partial charge in [0.05, 0.1) is 12.1 Å². The summed E-state index contributed by atoms with van der Waals surface area (Å²) in [4.78, 5) is 36.3. The van der Waals surface area contributed by atoms with Crippen molar-refractivity contribution in [2.24, 2.45) is 5.73 Å². The Kier molecular flexibility index (Phi) is 6.96. The van der Waals surface area contributed by atoms with Gasteiger partial charge in [-0.3, -0.25) is 4.79 Å². The second-order valence-corrected chi connectivity index (χ2v) is 9.39. The van der Waals surface area contributed by atoms with E-state index in [1.165, 1.54) is 0 Å². The minimum absolute atomic E-state index is 0.119. The number of pyridine rings is 2. The maximum absolute atomic E-state index is 13.2. The lowest BCUT2D eigenvalue weighted by Gasteiger charge is -2.28. The van der Waals surface area contributed by atoms with E-state index in [1.807, 2.05) is 12.1 Å². The van der Waals surface area contributed by atoms with Gasteiger partial charge >= 0.3 is 6.09 Å². The van der Waals surface area contributed by atoms with E-state index in [2.05, 4.69) is 20.3 Å². The average Bonchev–Trinajstić information content (AvgIpc) is 3.33. The number of fused-ring (bicyclic) bond motifs is 1. The standard InChI is InChI=1S/C27H26ClN5O4/c1-36-18-6-2-15(3-7-18)25(34)22-13-32-26-21(22)10-16(12-31-26)20-11-24(30-14-23(20)28)33-17-4-8-19(9-5-17)37-27(29)35/h2-3,6-7,10-14,17,19H,4-5,8-9H2,1H3,(H2,29,35)(H,30,33)(H,31,32)/t17-,19-. The lowest BCUT2D eigenvalue weighted by atomic mass is 9.93. The number of anilines is 1. The van der Waals surface area contributed by atoms with E-state index < -0.39 is 6.09 Å². The number of carbonyl (C=O) groups is 2. The minimum atomic E-state index is -0.734. The van der Waals surface area contributed by atoms with Gasteiger partial charge in [0.1, 0.15) is 23.3 Å². The Balaban J connectivity index is 1.38. The van der Waals surface area contributed by atoms with Gasteiger partial charge < -0.3 is 25.5 Å². The fourth-order valence-electron chi connectivity index (χ4n) is 4.67. The molecule has 9 nitrogen and oxygen atoms in total. The molecule has 0 aliphatic heterocycles. The summed E-state index contributed by atoms with van der Waals surface area (Å²) in [6, 6.07) is 11.0. The number of carbonyl (C=O) groups excluding carboxylic acids is 2. The zero-order valence-corrected chi connectivity index (χ0v) is 20.9. The first kappa shape index (κ1) is 24.6. The Morgan fingerprint density at radius 2 is 1.84 bits per heavy atom. The van der Waals surface area contributed by atoms with Crippen LogP contribution >= 0.6 is 11.6 Å². The third-order valence-electron chi connectivity index (χ3n) is 6.60. The fraction of sp³-hybridized carbons (Fsp3) is 0.259. The van der Waals surface area contributed by atoms with Crippen molar-refractivity contribution in [1.29, 1.82) is 0 Å². The zero-order valence-electron chi connectivity index (χ0n) is 20.2. The van der Waals surface area contributed by atoms with Crippen LogP contribution in [0, 0.1) is 0 Å². The van der Waals surface area contributed by atoms with Crippen molar-refractivity contribution in [2.75, 3.05) is 12.4 Å². The lowest BCUT2D eigenvalue weighted by molar-refractivity contribution is 0.0805. The van der Waals surface area contributed by atoms with Crippen LogP contribution in [0.1, 0.15) is 41.6 Å². The number of nitrogens with zero attached hydrogens (tertiary/aromatic N) is 2. The van der Waals surface area contributed by atoms with Gasteiger partial charge in [0.2, 0.25) is 0 Å².